The lowest BCUT2D eigenvalue weighted by atomic mass is 9.75. The number of nitrogens with one attached hydrogen (secondary N) is 1. The lowest BCUT2D eigenvalue weighted by Crippen LogP contribution is -2.28. The summed E-state index contributed by atoms with van der Waals surface area (Å²) in [6.45, 7) is 8.20. The Kier molecular flexibility index (Phi) is 5.97. The number of hydrogen-bond donors (Lipinski definition) is 1. The van der Waals surface area contributed by atoms with Gasteiger partial charge in [-0.05, 0) is 53.9 Å². The summed E-state index contributed by atoms with van der Waals surface area (Å²) >= 11 is 6.57. The first-order chi connectivity index (χ1) is 12.8. The summed E-state index contributed by atoms with van der Waals surface area (Å²) in [5.74, 6) is -0.0634. The summed E-state index contributed by atoms with van der Waals surface area (Å²) in [4.78, 5) is 13.0. The molecule has 1 aromatic heterocycles. The van der Waals surface area contributed by atoms with Crippen LogP contribution in [-0.4, -0.2) is 17.1 Å². The van der Waals surface area contributed by atoms with Crippen LogP contribution in [0.25, 0.3) is 0 Å². The molecule has 0 radical (unpaired) electrons. The number of fused-ring (bicyclic) bond motifs is 1. The molecule has 1 heterocycles. The van der Waals surface area contributed by atoms with Gasteiger partial charge in [0.15, 0.2) is 0 Å². The second-order valence-corrected chi connectivity index (χ2v) is 8.44. The van der Waals surface area contributed by atoms with Gasteiger partial charge in [-0.25, -0.2) is 0 Å². The van der Waals surface area contributed by atoms with Crippen molar-refractivity contribution in [2.75, 3.05) is 6.61 Å². The molecule has 1 N–H and O–H groups in total. The number of aromatic nitrogens is 1. The monoisotopic (exact) mass is 388 g/mol. The van der Waals surface area contributed by atoms with E-state index in [0.717, 1.165) is 41.5 Å². The van der Waals surface area contributed by atoms with Gasteiger partial charge in [-0.3, -0.25) is 4.79 Å². The highest BCUT2D eigenvalue weighted by molar-refractivity contribution is 6.31. The number of halogens is 1. The molecule has 0 atom stereocenters. The normalized spacial score (nSPS) is 15.4. The highest BCUT2D eigenvalue weighted by atomic mass is 35.5. The van der Waals surface area contributed by atoms with Crippen LogP contribution < -0.4 is 5.32 Å². The number of benzene rings is 1. The zero-order valence-corrected chi connectivity index (χ0v) is 17.4. The third-order valence-electron chi connectivity index (χ3n) is 5.47. The standard InChI is InChI=1S/C22H29ClN2O2/c1-5-27-14-16-9-7-6-8-15(16)13-24-21(26)19-17-10-11-22(2,3)12-18(17)20(23)25(19)4/h6-9H,5,10-14H2,1-4H3,(H,24,26). The van der Waals surface area contributed by atoms with Crippen LogP contribution in [0.2, 0.25) is 5.15 Å². The van der Waals surface area contributed by atoms with Gasteiger partial charge < -0.3 is 14.6 Å². The molecule has 0 bridgehead atoms. The summed E-state index contributed by atoms with van der Waals surface area (Å²) in [5.41, 5.74) is 5.36. The van der Waals surface area contributed by atoms with E-state index in [4.69, 9.17) is 16.3 Å². The fourth-order valence-corrected chi connectivity index (χ4v) is 4.15. The molecule has 5 heteroatoms. The number of ether oxygens (including phenoxy) is 1. The predicted molar refractivity (Wildman–Crippen MR) is 109 cm³/mol. The Hall–Kier alpha value is -1.78. The average molecular weight is 389 g/mol. The van der Waals surface area contributed by atoms with Gasteiger partial charge in [0.25, 0.3) is 5.91 Å². The van der Waals surface area contributed by atoms with Crippen molar-refractivity contribution in [3.8, 4) is 0 Å². The summed E-state index contributed by atoms with van der Waals surface area (Å²) in [5, 5.41) is 3.78. The molecule has 1 amide bonds. The Balaban J connectivity index is 1.79. The Morgan fingerprint density at radius 3 is 2.67 bits per heavy atom. The van der Waals surface area contributed by atoms with Gasteiger partial charge >= 0.3 is 0 Å². The van der Waals surface area contributed by atoms with Crippen LogP contribution >= 0.6 is 11.6 Å². The number of rotatable bonds is 6. The molecule has 0 spiro atoms. The molecule has 1 aromatic carbocycles. The molecular weight excluding hydrogens is 360 g/mol. The quantitative estimate of drug-likeness (QED) is 0.782. The van der Waals surface area contributed by atoms with Crippen LogP contribution in [0.4, 0.5) is 0 Å². The zero-order chi connectivity index (χ0) is 19.6. The first kappa shape index (κ1) is 20.0. The third kappa shape index (κ3) is 4.22. The molecular formula is C22H29ClN2O2. The number of carbonyl (C=O) groups is 1. The van der Waals surface area contributed by atoms with Gasteiger partial charge in [-0.2, -0.15) is 0 Å². The summed E-state index contributed by atoms with van der Waals surface area (Å²) in [6.07, 6.45) is 2.88. The highest BCUT2D eigenvalue weighted by Crippen LogP contribution is 2.40. The average Bonchev–Trinajstić information content (AvgIpc) is 2.88. The lowest BCUT2D eigenvalue weighted by Gasteiger charge is -2.29. The van der Waals surface area contributed by atoms with E-state index in [0.29, 0.717) is 30.6 Å². The van der Waals surface area contributed by atoms with Crippen molar-refractivity contribution in [1.82, 2.24) is 9.88 Å². The molecule has 0 saturated carbocycles. The Labute approximate surface area is 166 Å². The molecule has 4 nitrogen and oxygen atoms in total. The molecule has 0 saturated heterocycles. The second kappa shape index (κ2) is 8.07. The van der Waals surface area contributed by atoms with E-state index in [1.54, 1.807) is 0 Å². The van der Waals surface area contributed by atoms with E-state index in [-0.39, 0.29) is 11.3 Å². The molecule has 1 aliphatic carbocycles. The maximum Gasteiger partial charge on any atom is 0.268 e. The molecule has 0 aliphatic heterocycles. The van der Waals surface area contributed by atoms with Gasteiger partial charge in [-0.15, -0.1) is 0 Å². The summed E-state index contributed by atoms with van der Waals surface area (Å²) in [7, 11) is 1.88. The zero-order valence-electron chi connectivity index (χ0n) is 16.7. The van der Waals surface area contributed by atoms with Crippen molar-refractivity contribution in [2.24, 2.45) is 12.5 Å². The van der Waals surface area contributed by atoms with Crippen molar-refractivity contribution in [3.63, 3.8) is 0 Å². The van der Waals surface area contributed by atoms with Crippen LogP contribution in [-0.2, 0) is 37.8 Å². The van der Waals surface area contributed by atoms with Gasteiger partial charge in [0.1, 0.15) is 10.8 Å². The van der Waals surface area contributed by atoms with Gasteiger partial charge in [0, 0.05) is 20.2 Å². The largest absolute Gasteiger partial charge is 0.377 e. The van der Waals surface area contributed by atoms with E-state index in [2.05, 4.69) is 19.2 Å². The fraction of sp³-hybridized carbons (Fsp3) is 0.500. The third-order valence-corrected chi connectivity index (χ3v) is 5.95. The van der Waals surface area contributed by atoms with Crippen molar-refractivity contribution in [3.05, 3.63) is 57.4 Å². The molecule has 27 heavy (non-hydrogen) atoms. The van der Waals surface area contributed by atoms with Crippen LogP contribution in [0.1, 0.15) is 59.9 Å². The molecule has 3 rings (SSSR count). The fourth-order valence-electron chi connectivity index (χ4n) is 3.88. The van der Waals surface area contributed by atoms with Gasteiger partial charge in [0.2, 0.25) is 0 Å². The van der Waals surface area contributed by atoms with Crippen molar-refractivity contribution in [2.45, 2.75) is 53.2 Å². The maximum absolute atomic E-state index is 13.0. The number of nitrogens with zero attached hydrogens (tertiary/aromatic N) is 1. The van der Waals surface area contributed by atoms with Crippen LogP contribution in [0.3, 0.4) is 0 Å². The highest BCUT2D eigenvalue weighted by Gasteiger charge is 2.33. The minimum Gasteiger partial charge on any atom is -0.377 e. The first-order valence-electron chi connectivity index (χ1n) is 9.62. The molecule has 0 fully saturated rings. The second-order valence-electron chi connectivity index (χ2n) is 8.09. The van der Waals surface area contributed by atoms with E-state index >= 15 is 0 Å². The summed E-state index contributed by atoms with van der Waals surface area (Å²) < 4.78 is 7.38. The number of hydrogen-bond acceptors (Lipinski definition) is 2. The maximum atomic E-state index is 13.0. The Bertz CT molecular complexity index is 839. The number of carbonyl (C=O) groups excluding carboxylic acids is 1. The van der Waals surface area contributed by atoms with E-state index in [1.807, 2.05) is 42.8 Å². The minimum absolute atomic E-state index is 0.0634. The summed E-state index contributed by atoms with van der Waals surface area (Å²) in [6, 6.07) is 8.06. The Morgan fingerprint density at radius 2 is 1.96 bits per heavy atom. The van der Waals surface area contributed by atoms with Gasteiger partial charge in [0.05, 0.1) is 6.61 Å². The smallest absolute Gasteiger partial charge is 0.268 e. The lowest BCUT2D eigenvalue weighted by molar-refractivity contribution is 0.0940. The predicted octanol–water partition coefficient (Wildman–Crippen LogP) is 4.66. The van der Waals surface area contributed by atoms with Gasteiger partial charge in [-0.1, -0.05) is 49.7 Å². The number of amides is 1. The molecule has 146 valence electrons. The molecule has 2 aromatic rings. The van der Waals surface area contributed by atoms with Crippen LogP contribution in [0, 0.1) is 5.41 Å². The van der Waals surface area contributed by atoms with Crippen molar-refractivity contribution in [1.29, 1.82) is 0 Å². The van der Waals surface area contributed by atoms with Crippen LogP contribution in [0.15, 0.2) is 24.3 Å². The minimum atomic E-state index is -0.0634. The van der Waals surface area contributed by atoms with E-state index < -0.39 is 0 Å². The van der Waals surface area contributed by atoms with E-state index in [9.17, 15) is 4.79 Å². The molecule has 1 aliphatic rings. The Morgan fingerprint density at radius 1 is 1.26 bits per heavy atom. The molecule has 0 unspecified atom stereocenters. The van der Waals surface area contributed by atoms with Crippen molar-refractivity contribution < 1.29 is 9.53 Å². The van der Waals surface area contributed by atoms with Crippen molar-refractivity contribution >= 4 is 17.5 Å². The van der Waals surface area contributed by atoms with E-state index in [1.165, 1.54) is 0 Å². The van der Waals surface area contributed by atoms with Crippen LogP contribution in [0.5, 0.6) is 0 Å². The SMILES string of the molecule is CCOCc1ccccc1CNC(=O)c1c2c(c(Cl)n1C)CC(C)(C)CC2. The first-order valence-corrected chi connectivity index (χ1v) is 10.0. The topological polar surface area (TPSA) is 43.3 Å².